The van der Waals surface area contributed by atoms with Gasteiger partial charge in [0.25, 0.3) is 5.69 Å². The zero-order valence-corrected chi connectivity index (χ0v) is 27.6. The van der Waals surface area contributed by atoms with Gasteiger partial charge in [0, 0.05) is 30.9 Å². The summed E-state index contributed by atoms with van der Waals surface area (Å²) in [7, 11) is -1.61. The number of hydrogen-bond acceptors (Lipinski definition) is 5. The molecule has 1 aromatic carbocycles. The fourth-order valence-corrected chi connectivity index (χ4v) is 5.00. The van der Waals surface area contributed by atoms with Gasteiger partial charge in [-0.15, -0.1) is 6.42 Å². The van der Waals surface area contributed by atoms with Crippen LogP contribution in [0.4, 0.5) is 5.69 Å². The van der Waals surface area contributed by atoms with Gasteiger partial charge in [-0.3, -0.25) is 4.18 Å². The topological polar surface area (TPSA) is 73.5 Å². The van der Waals surface area contributed by atoms with Crippen LogP contribution >= 0.6 is 0 Å². The summed E-state index contributed by atoms with van der Waals surface area (Å²) in [6.45, 7) is 6.94. The van der Waals surface area contributed by atoms with E-state index in [-0.39, 0.29) is 0 Å². The maximum atomic E-state index is 9.22. The minimum Gasteiger partial charge on any atom is -0.726 e. The van der Waals surface area contributed by atoms with Gasteiger partial charge in [-0.25, -0.2) is 8.42 Å². The van der Waals surface area contributed by atoms with Crippen molar-refractivity contribution in [2.75, 3.05) is 25.1 Å². The first kappa shape index (κ1) is 37.6. The number of aromatic nitrogens is 1. The highest BCUT2D eigenvalue weighted by Crippen LogP contribution is 2.24. The Morgan fingerprint density at radius 3 is 1.60 bits per heavy atom. The molecule has 0 aliphatic heterocycles. The van der Waals surface area contributed by atoms with Crippen LogP contribution in [0.2, 0.25) is 0 Å². The van der Waals surface area contributed by atoms with E-state index in [1.165, 1.54) is 133 Å². The first-order chi connectivity index (χ1) is 20.3. The molecule has 6 nitrogen and oxygen atoms in total. The summed E-state index contributed by atoms with van der Waals surface area (Å²) in [4.78, 5) is 2.63. The number of unbranched alkanes of at least 4 members (excludes halogenated alkanes) is 14. The molecule has 0 amide bonds. The highest BCUT2D eigenvalue weighted by Gasteiger charge is 2.10. The number of terminal acetylenes is 1. The molecule has 2 rings (SSSR count). The van der Waals surface area contributed by atoms with Crippen LogP contribution in [0, 0.1) is 12.3 Å². The van der Waals surface area contributed by atoms with Crippen LogP contribution in [0.3, 0.4) is 0 Å². The Morgan fingerprint density at radius 1 is 0.762 bits per heavy atom. The van der Waals surface area contributed by atoms with Gasteiger partial charge in [-0.2, -0.15) is 4.57 Å². The van der Waals surface area contributed by atoms with Crippen LogP contribution in [0.1, 0.15) is 122 Å². The zero-order valence-electron chi connectivity index (χ0n) is 26.8. The Hall–Kier alpha value is -2.40. The minimum absolute atomic E-state index is 0.808. The molecule has 0 aliphatic rings. The summed E-state index contributed by atoms with van der Waals surface area (Å²) in [5.41, 5.74) is 4.69. The normalized spacial score (nSPS) is 11.0. The molecule has 0 atom stereocenters. The Kier molecular flexibility index (Phi) is 20.7. The van der Waals surface area contributed by atoms with Crippen molar-refractivity contribution in [3.8, 4) is 23.5 Å². The van der Waals surface area contributed by atoms with E-state index in [0.717, 1.165) is 12.8 Å². The van der Waals surface area contributed by atoms with Crippen LogP contribution < -0.4 is 9.47 Å². The number of pyridine rings is 1. The van der Waals surface area contributed by atoms with E-state index < -0.39 is 10.4 Å². The second-order valence-corrected chi connectivity index (χ2v) is 12.3. The van der Waals surface area contributed by atoms with Gasteiger partial charge in [0.05, 0.1) is 7.11 Å². The molecular formula is C35H56N2O4S. The monoisotopic (exact) mass is 600 g/mol. The highest BCUT2D eigenvalue weighted by molar-refractivity contribution is 7.80. The van der Waals surface area contributed by atoms with E-state index in [1.54, 1.807) is 0 Å². The maximum absolute atomic E-state index is 9.22. The maximum Gasteiger partial charge on any atom is 0.256 e. The first-order valence-electron chi connectivity index (χ1n) is 16.1. The molecule has 2 aromatic rings. The Balaban J connectivity index is 0.00000132. The van der Waals surface area contributed by atoms with Gasteiger partial charge in [0.1, 0.15) is 7.05 Å². The fourth-order valence-electron chi connectivity index (χ4n) is 5.00. The SMILES string of the molecule is C#Cc1cc(-c2ccc(N(CCCCCCCCCC)CCCCCCCCCC)cc2)cc[n+]1C.COS(=O)(=O)[O-]. The van der Waals surface area contributed by atoms with E-state index in [1.807, 2.05) is 11.6 Å². The zero-order chi connectivity index (χ0) is 31.1. The third kappa shape index (κ3) is 17.5. The predicted octanol–water partition coefficient (Wildman–Crippen LogP) is 8.34. The van der Waals surface area contributed by atoms with E-state index in [4.69, 9.17) is 6.42 Å². The molecule has 7 heteroatoms. The second kappa shape index (κ2) is 23.1. The Labute approximate surface area is 257 Å². The summed E-state index contributed by atoms with van der Waals surface area (Å²) in [6.07, 6.45) is 29.7. The molecule has 0 unspecified atom stereocenters. The van der Waals surface area contributed by atoms with Gasteiger partial charge >= 0.3 is 0 Å². The van der Waals surface area contributed by atoms with Crippen molar-refractivity contribution in [2.24, 2.45) is 7.05 Å². The predicted molar refractivity (Wildman–Crippen MR) is 175 cm³/mol. The van der Waals surface area contributed by atoms with Crippen LogP contribution in [0.5, 0.6) is 0 Å². The number of benzene rings is 1. The number of hydrogen-bond donors (Lipinski definition) is 0. The van der Waals surface area contributed by atoms with E-state index in [0.29, 0.717) is 0 Å². The van der Waals surface area contributed by atoms with Crippen molar-refractivity contribution >= 4 is 16.1 Å². The second-order valence-electron chi connectivity index (χ2n) is 11.1. The first-order valence-corrected chi connectivity index (χ1v) is 17.4. The smallest absolute Gasteiger partial charge is 0.256 e. The standard InChI is InChI=1S/C34H53N2.CH4O4S/c1-5-8-10-12-14-16-18-20-27-36(28-21-19-17-15-13-11-9-6-2)34-24-22-31(23-25-34)32-26-29-35(4)33(7-3)30-32;1-5-6(2,3)4/h3,22-26,29-30H,5-6,8-21,27-28H2,1-2,4H3;1H3,(H,2,3,4)/q+1;/p-1. The molecule has 0 saturated carbocycles. The molecule has 0 bridgehead atoms. The molecule has 0 aliphatic carbocycles. The lowest BCUT2D eigenvalue weighted by Crippen LogP contribution is -2.31. The molecular weight excluding hydrogens is 544 g/mol. The molecule has 0 saturated heterocycles. The van der Waals surface area contributed by atoms with E-state index in [2.05, 4.69) is 71.4 Å². The van der Waals surface area contributed by atoms with Crippen molar-refractivity contribution < 1.29 is 21.7 Å². The molecule has 0 spiro atoms. The number of rotatable bonds is 21. The lowest BCUT2D eigenvalue weighted by molar-refractivity contribution is -0.673. The van der Waals surface area contributed by atoms with Crippen LogP contribution in [-0.4, -0.2) is 33.2 Å². The third-order valence-corrected chi connectivity index (χ3v) is 8.04. The van der Waals surface area contributed by atoms with Crippen molar-refractivity contribution in [3.63, 3.8) is 0 Å². The summed E-state index contributed by atoms with van der Waals surface area (Å²) >= 11 is 0. The molecule has 0 radical (unpaired) electrons. The summed E-state index contributed by atoms with van der Waals surface area (Å²) in [6, 6.07) is 13.4. The van der Waals surface area contributed by atoms with Crippen molar-refractivity contribution in [1.29, 1.82) is 0 Å². The number of nitrogens with zero attached hydrogens (tertiary/aromatic N) is 2. The van der Waals surface area contributed by atoms with Crippen LogP contribution in [-0.2, 0) is 21.6 Å². The average molecular weight is 601 g/mol. The minimum atomic E-state index is -4.41. The van der Waals surface area contributed by atoms with Gasteiger partial charge in [0.2, 0.25) is 10.4 Å². The number of aryl methyl sites for hydroxylation is 1. The van der Waals surface area contributed by atoms with Gasteiger partial charge in [0.15, 0.2) is 6.20 Å². The van der Waals surface area contributed by atoms with Crippen molar-refractivity contribution in [3.05, 3.63) is 48.3 Å². The molecule has 1 heterocycles. The van der Waals surface area contributed by atoms with Gasteiger partial charge in [-0.1, -0.05) is 116 Å². The lowest BCUT2D eigenvalue weighted by atomic mass is 10.0. The molecule has 1 aromatic heterocycles. The fraction of sp³-hybridized carbons (Fsp3) is 0.629. The highest BCUT2D eigenvalue weighted by atomic mass is 32.3. The van der Waals surface area contributed by atoms with E-state index >= 15 is 0 Å². The van der Waals surface area contributed by atoms with E-state index in [9.17, 15) is 13.0 Å². The largest absolute Gasteiger partial charge is 0.726 e. The third-order valence-electron chi connectivity index (χ3n) is 7.63. The summed E-state index contributed by atoms with van der Waals surface area (Å²) in [5.74, 6) is 2.78. The van der Waals surface area contributed by atoms with Gasteiger partial charge in [-0.05, 0) is 42.0 Å². The van der Waals surface area contributed by atoms with Crippen molar-refractivity contribution in [2.45, 2.75) is 117 Å². The number of anilines is 1. The van der Waals surface area contributed by atoms with Crippen LogP contribution in [0.25, 0.3) is 11.1 Å². The average Bonchev–Trinajstić information content (AvgIpc) is 2.99. The molecule has 0 N–H and O–H groups in total. The Morgan fingerprint density at radius 2 is 1.19 bits per heavy atom. The van der Waals surface area contributed by atoms with Gasteiger partial charge < -0.3 is 9.45 Å². The molecule has 0 fully saturated rings. The Bertz CT molecular complexity index is 1090. The quantitative estimate of drug-likeness (QED) is 0.0473. The summed E-state index contributed by atoms with van der Waals surface area (Å²) in [5, 5.41) is 0. The van der Waals surface area contributed by atoms with Crippen LogP contribution in [0.15, 0.2) is 42.6 Å². The van der Waals surface area contributed by atoms with Crippen molar-refractivity contribution in [1.82, 2.24) is 0 Å². The summed E-state index contributed by atoms with van der Waals surface area (Å²) < 4.78 is 33.0. The lowest BCUT2D eigenvalue weighted by Gasteiger charge is -2.25. The molecule has 236 valence electrons. The molecule has 42 heavy (non-hydrogen) atoms.